The van der Waals surface area contributed by atoms with Crippen molar-refractivity contribution in [2.24, 2.45) is 5.92 Å². The van der Waals surface area contributed by atoms with E-state index in [1.807, 2.05) is 0 Å². The van der Waals surface area contributed by atoms with Crippen LogP contribution in [0.25, 0.3) is 0 Å². The molecule has 1 heterocycles. The number of hydrogen-bond donors (Lipinski definition) is 1. The third kappa shape index (κ3) is 2.63. The summed E-state index contributed by atoms with van der Waals surface area (Å²) in [6, 6.07) is 0.162. The standard InChI is InChI=1S/C14H21NO2/c1-2-3-10-15-12-7-5-4-6-11(12)8-9-13(15)14(16)17/h1,11-13H,3-10H2,(H,16,17). The van der Waals surface area contributed by atoms with Gasteiger partial charge in [0.2, 0.25) is 0 Å². The average molecular weight is 235 g/mol. The van der Waals surface area contributed by atoms with E-state index in [-0.39, 0.29) is 6.04 Å². The molecule has 1 aliphatic carbocycles. The Bertz CT molecular complexity index is 321. The minimum Gasteiger partial charge on any atom is -0.480 e. The molecule has 17 heavy (non-hydrogen) atoms. The topological polar surface area (TPSA) is 40.5 Å². The zero-order valence-electron chi connectivity index (χ0n) is 10.3. The van der Waals surface area contributed by atoms with Crippen LogP contribution < -0.4 is 0 Å². The maximum Gasteiger partial charge on any atom is 0.320 e. The molecule has 2 fully saturated rings. The van der Waals surface area contributed by atoms with Crippen LogP contribution in [0, 0.1) is 18.3 Å². The fraction of sp³-hybridized carbons (Fsp3) is 0.786. The van der Waals surface area contributed by atoms with Crippen LogP contribution in [0.15, 0.2) is 0 Å². The number of rotatable bonds is 3. The zero-order valence-corrected chi connectivity index (χ0v) is 10.3. The lowest BCUT2D eigenvalue weighted by Gasteiger charge is -2.47. The Morgan fingerprint density at radius 3 is 2.76 bits per heavy atom. The SMILES string of the molecule is C#CCCN1C(C(=O)O)CCC2CCCCC21. The number of piperidine rings is 1. The molecule has 0 bridgehead atoms. The molecule has 0 aromatic rings. The first-order chi connectivity index (χ1) is 8.24. The van der Waals surface area contributed by atoms with Crippen LogP contribution >= 0.6 is 0 Å². The van der Waals surface area contributed by atoms with Gasteiger partial charge in [-0.05, 0) is 31.6 Å². The van der Waals surface area contributed by atoms with Gasteiger partial charge in [-0.15, -0.1) is 12.3 Å². The Kier molecular flexibility index (Phi) is 4.06. The summed E-state index contributed by atoms with van der Waals surface area (Å²) in [7, 11) is 0. The molecule has 1 saturated carbocycles. The summed E-state index contributed by atoms with van der Waals surface area (Å²) in [6.07, 6.45) is 12.8. The zero-order chi connectivity index (χ0) is 12.3. The predicted octanol–water partition coefficient (Wildman–Crippen LogP) is 2.12. The predicted molar refractivity (Wildman–Crippen MR) is 66.6 cm³/mol. The molecular weight excluding hydrogens is 214 g/mol. The molecule has 0 aromatic heterocycles. The van der Waals surface area contributed by atoms with Crippen molar-refractivity contribution < 1.29 is 9.90 Å². The minimum atomic E-state index is -0.675. The van der Waals surface area contributed by atoms with Crippen LogP contribution in [-0.2, 0) is 4.79 Å². The summed E-state index contributed by atoms with van der Waals surface area (Å²) in [5.74, 6) is 2.67. The molecule has 0 amide bonds. The lowest BCUT2D eigenvalue weighted by atomic mass is 9.76. The highest BCUT2D eigenvalue weighted by Crippen LogP contribution is 2.37. The summed E-state index contributed by atoms with van der Waals surface area (Å²) in [6.45, 7) is 0.745. The van der Waals surface area contributed by atoms with Gasteiger partial charge in [0.15, 0.2) is 0 Å². The normalized spacial score (nSPS) is 33.7. The molecule has 1 N–H and O–H groups in total. The highest BCUT2D eigenvalue weighted by molar-refractivity contribution is 5.73. The van der Waals surface area contributed by atoms with Crippen LogP contribution in [0.1, 0.15) is 44.9 Å². The number of carboxylic acids is 1. The second-order valence-corrected chi connectivity index (χ2v) is 5.24. The van der Waals surface area contributed by atoms with Crippen LogP contribution in [0.3, 0.4) is 0 Å². The highest BCUT2D eigenvalue weighted by Gasteiger charge is 2.40. The van der Waals surface area contributed by atoms with E-state index >= 15 is 0 Å². The van der Waals surface area contributed by atoms with Gasteiger partial charge >= 0.3 is 5.97 Å². The van der Waals surface area contributed by atoms with Gasteiger partial charge in [0.1, 0.15) is 6.04 Å². The molecule has 94 valence electrons. The van der Waals surface area contributed by atoms with Gasteiger partial charge < -0.3 is 5.11 Å². The van der Waals surface area contributed by atoms with Gasteiger partial charge in [-0.25, -0.2) is 0 Å². The lowest BCUT2D eigenvalue weighted by molar-refractivity contribution is -0.148. The molecule has 2 aliphatic rings. The van der Waals surface area contributed by atoms with Crippen molar-refractivity contribution in [1.29, 1.82) is 0 Å². The highest BCUT2D eigenvalue weighted by atomic mass is 16.4. The molecule has 1 saturated heterocycles. The Morgan fingerprint density at radius 1 is 1.29 bits per heavy atom. The summed E-state index contributed by atoms with van der Waals surface area (Å²) >= 11 is 0. The first kappa shape index (κ1) is 12.4. The average Bonchev–Trinajstić information content (AvgIpc) is 2.35. The van der Waals surface area contributed by atoms with Gasteiger partial charge in [0.25, 0.3) is 0 Å². The van der Waals surface area contributed by atoms with E-state index in [0.717, 1.165) is 25.8 Å². The quantitative estimate of drug-likeness (QED) is 0.762. The molecule has 3 heteroatoms. The molecule has 2 rings (SSSR count). The molecule has 0 spiro atoms. The number of carboxylic acid groups (broad SMARTS) is 1. The van der Waals surface area contributed by atoms with Crippen molar-refractivity contribution in [2.45, 2.75) is 57.0 Å². The number of fused-ring (bicyclic) bond motifs is 1. The summed E-state index contributed by atoms with van der Waals surface area (Å²) < 4.78 is 0. The van der Waals surface area contributed by atoms with Gasteiger partial charge in [0, 0.05) is 19.0 Å². The van der Waals surface area contributed by atoms with E-state index in [9.17, 15) is 9.90 Å². The van der Waals surface area contributed by atoms with Crippen molar-refractivity contribution in [1.82, 2.24) is 4.90 Å². The van der Waals surface area contributed by atoms with Crippen LogP contribution in [0.2, 0.25) is 0 Å². The van der Waals surface area contributed by atoms with Crippen molar-refractivity contribution in [3.05, 3.63) is 0 Å². The maximum absolute atomic E-state index is 11.3. The Balaban J connectivity index is 2.10. The largest absolute Gasteiger partial charge is 0.480 e. The van der Waals surface area contributed by atoms with Gasteiger partial charge in [-0.3, -0.25) is 9.69 Å². The van der Waals surface area contributed by atoms with E-state index in [1.165, 1.54) is 19.3 Å². The van der Waals surface area contributed by atoms with E-state index in [4.69, 9.17) is 6.42 Å². The van der Waals surface area contributed by atoms with Gasteiger partial charge in [0.05, 0.1) is 0 Å². The molecule has 0 radical (unpaired) electrons. The van der Waals surface area contributed by atoms with Crippen LogP contribution in [-0.4, -0.2) is 34.6 Å². The van der Waals surface area contributed by atoms with Gasteiger partial charge in [-0.2, -0.15) is 0 Å². The third-order valence-corrected chi connectivity index (χ3v) is 4.31. The van der Waals surface area contributed by atoms with Crippen LogP contribution in [0.4, 0.5) is 0 Å². The Morgan fingerprint density at radius 2 is 2.06 bits per heavy atom. The second-order valence-electron chi connectivity index (χ2n) is 5.24. The van der Waals surface area contributed by atoms with E-state index in [1.54, 1.807) is 0 Å². The number of likely N-dealkylation sites (tertiary alicyclic amines) is 1. The first-order valence-corrected chi connectivity index (χ1v) is 6.66. The van der Waals surface area contributed by atoms with E-state index in [0.29, 0.717) is 18.4 Å². The van der Waals surface area contributed by atoms with Crippen molar-refractivity contribution in [3.8, 4) is 12.3 Å². The monoisotopic (exact) mass is 235 g/mol. The number of hydrogen-bond acceptors (Lipinski definition) is 2. The van der Waals surface area contributed by atoms with Crippen molar-refractivity contribution in [2.75, 3.05) is 6.54 Å². The number of nitrogens with zero attached hydrogens (tertiary/aromatic N) is 1. The van der Waals surface area contributed by atoms with E-state index < -0.39 is 5.97 Å². The maximum atomic E-state index is 11.3. The molecule has 3 nitrogen and oxygen atoms in total. The number of carbonyl (C=O) groups is 1. The fourth-order valence-corrected chi connectivity index (χ4v) is 3.51. The smallest absolute Gasteiger partial charge is 0.320 e. The summed E-state index contributed by atoms with van der Waals surface area (Å²) in [5.41, 5.74) is 0. The van der Waals surface area contributed by atoms with Crippen molar-refractivity contribution >= 4 is 5.97 Å². The first-order valence-electron chi connectivity index (χ1n) is 6.66. The van der Waals surface area contributed by atoms with Crippen LogP contribution in [0.5, 0.6) is 0 Å². The lowest BCUT2D eigenvalue weighted by Crippen LogP contribution is -2.55. The summed E-state index contributed by atoms with van der Waals surface area (Å²) in [4.78, 5) is 13.5. The van der Waals surface area contributed by atoms with Crippen molar-refractivity contribution in [3.63, 3.8) is 0 Å². The third-order valence-electron chi connectivity index (χ3n) is 4.31. The molecule has 3 unspecified atom stereocenters. The second kappa shape index (κ2) is 5.55. The molecule has 1 aliphatic heterocycles. The van der Waals surface area contributed by atoms with E-state index in [2.05, 4.69) is 10.8 Å². The molecular formula is C14H21NO2. The summed E-state index contributed by atoms with van der Waals surface area (Å²) in [5, 5.41) is 9.30. The molecule has 3 atom stereocenters. The number of terminal acetylenes is 1. The number of aliphatic carboxylic acids is 1. The molecule has 0 aromatic carbocycles. The van der Waals surface area contributed by atoms with Gasteiger partial charge in [-0.1, -0.05) is 12.8 Å². The fourth-order valence-electron chi connectivity index (χ4n) is 3.51. The Labute approximate surface area is 103 Å². The Hall–Kier alpha value is -1.01. The minimum absolute atomic E-state index is 0.303.